The molecular weight excluding hydrogens is 300 g/mol. The van der Waals surface area contributed by atoms with E-state index in [-0.39, 0.29) is 12.4 Å². The van der Waals surface area contributed by atoms with E-state index in [4.69, 9.17) is 15.2 Å². The third kappa shape index (κ3) is 2.90. The van der Waals surface area contributed by atoms with Gasteiger partial charge in [0.2, 0.25) is 5.89 Å². The van der Waals surface area contributed by atoms with Gasteiger partial charge >= 0.3 is 5.69 Å². The first-order valence-corrected chi connectivity index (χ1v) is 7.16. The Balaban J connectivity index is 2.53. The lowest BCUT2D eigenvalue weighted by molar-refractivity contribution is 0.365. The molecule has 2 aromatic heterocycles. The van der Waals surface area contributed by atoms with Gasteiger partial charge in [-0.25, -0.2) is 13.2 Å². The van der Waals surface area contributed by atoms with Crippen molar-refractivity contribution in [3.8, 4) is 0 Å². The Morgan fingerprint density at radius 3 is 2.68 bits per heavy atom. The van der Waals surface area contributed by atoms with Crippen LogP contribution in [0.1, 0.15) is 11.7 Å². The fourth-order valence-electron chi connectivity index (χ4n) is 1.33. The van der Waals surface area contributed by atoms with E-state index < -0.39 is 25.2 Å². The number of nitrogens with one attached hydrogen (secondary N) is 1. The van der Waals surface area contributed by atoms with Gasteiger partial charge in [-0.2, -0.15) is 4.98 Å². The van der Waals surface area contributed by atoms with Gasteiger partial charge in [0.15, 0.2) is 10.7 Å². The first kappa shape index (κ1) is 13.5. The Morgan fingerprint density at radius 2 is 2.16 bits per heavy atom. The predicted molar refractivity (Wildman–Crippen MR) is 62.5 cm³/mol. The Bertz CT molecular complexity index is 833. The van der Waals surface area contributed by atoms with Crippen LogP contribution in [-0.2, 0) is 15.6 Å². The molecule has 102 valence electrons. The van der Waals surface area contributed by atoms with E-state index >= 15 is 0 Å². The van der Waals surface area contributed by atoms with Crippen molar-refractivity contribution in [2.75, 3.05) is 0 Å². The molecule has 2 heterocycles. The van der Waals surface area contributed by atoms with E-state index in [0.717, 1.165) is 10.8 Å². The van der Waals surface area contributed by atoms with E-state index in [1.807, 2.05) is 4.98 Å². The molecule has 0 aliphatic carbocycles. The van der Waals surface area contributed by atoms with E-state index in [1.54, 1.807) is 6.92 Å². The second kappa shape index (κ2) is 4.63. The van der Waals surface area contributed by atoms with Crippen molar-refractivity contribution in [3.63, 3.8) is 0 Å². The van der Waals surface area contributed by atoms with Crippen molar-refractivity contribution in [1.82, 2.24) is 19.7 Å². The normalized spacial score (nSPS) is 11.7. The highest BCUT2D eigenvalue weighted by Crippen LogP contribution is 2.08. The lowest BCUT2D eigenvalue weighted by Crippen LogP contribution is -2.32. The van der Waals surface area contributed by atoms with E-state index in [0.29, 0.717) is 5.82 Å². The van der Waals surface area contributed by atoms with E-state index in [2.05, 4.69) is 10.1 Å². The maximum Gasteiger partial charge on any atom is 0.328 e. The Hall–Kier alpha value is -1.94. The first-order valence-electron chi connectivity index (χ1n) is 4.85. The van der Waals surface area contributed by atoms with Gasteiger partial charge in [0.25, 0.3) is 14.6 Å². The highest BCUT2D eigenvalue weighted by atomic mass is 35.7. The molecule has 0 amide bonds. The van der Waals surface area contributed by atoms with E-state index in [9.17, 15) is 18.0 Å². The molecule has 19 heavy (non-hydrogen) atoms. The highest BCUT2D eigenvalue weighted by Gasteiger charge is 2.18. The average Bonchev–Trinajstić information content (AvgIpc) is 2.66. The van der Waals surface area contributed by atoms with Crippen LogP contribution in [0.5, 0.6) is 0 Å². The quantitative estimate of drug-likeness (QED) is 0.735. The van der Waals surface area contributed by atoms with Crippen LogP contribution in [0.3, 0.4) is 0 Å². The van der Waals surface area contributed by atoms with Crippen molar-refractivity contribution in [3.05, 3.63) is 38.8 Å². The Kier molecular flexibility index (Phi) is 3.28. The summed E-state index contributed by atoms with van der Waals surface area (Å²) in [5, 5.41) is 3.51. The number of aryl methyl sites for hydroxylation is 1. The summed E-state index contributed by atoms with van der Waals surface area (Å²) in [6, 6.07) is 0. The summed E-state index contributed by atoms with van der Waals surface area (Å²) < 4.78 is 28.0. The zero-order valence-corrected chi connectivity index (χ0v) is 11.0. The van der Waals surface area contributed by atoms with Crippen LogP contribution in [0.4, 0.5) is 0 Å². The molecule has 9 nitrogen and oxygen atoms in total. The van der Waals surface area contributed by atoms with Crippen LogP contribution in [0.2, 0.25) is 0 Å². The summed E-state index contributed by atoms with van der Waals surface area (Å²) in [6.45, 7) is 1.40. The molecule has 0 aromatic carbocycles. The number of halogens is 1. The second-order valence-electron chi connectivity index (χ2n) is 3.55. The highest BCUT2D eigenvalue weighted by molar-refractivity contribution is 8.13. The summed E-state index contributed by atoms with van der Waals surface area (Å²) in [4.78, 5) is 27.8. The fraction of sp³-hybridized carbons (Fsp3) is 0.250. The van der Waals surface area contributed by atoms with Gasteiger partial charge < -0.3 is 4.52 Å². The molecule has 0 aliphatic heterocycles. The molecule has 11 heteroatoms. The molecule has 0 atom stereocenters. The minimum Gasteiger partial charge on any atom is -0.337 e. The van der Waals surface area contributed by atoms with Gasteiger partial charge in [-0.05, 0) is 6.92 Å². The maximum absolute atomic E-state index is 11.5. The second-order valence-corrected chi connectivity index (χ2v) is 6.09. The van der Waals surface area contributed by atoms with Gasteiger partial charge in [0, 0.05) is 16.9 Å². The summed E-state index contributed by atoms with van der Waals surface area (Å²) in [5.74, 6) is 0.447. The minimum absolute atomic E-state index is 0.0876. The van der Waals surface area contributed by atoms with Crippen LogP contribution in [-0.4, -0.2) is 28.1 Å². The van der Waals surface area contributed by atoms with Crippen LogP contribution in [0, 0.1) is 6.92 Å². The fourth-order valence-corrected chi connectivity index (χ4v) is 2.19. The maximum atomic E-state index is 11.5. The number of aromatic amines is 1. The SMILES string of the molecule is Cc1noc(Cn2cc(S(=O)(=O)Cl)c(=O)[nH]c2=O)n1. The van der Waals surface area contributed by atoms with Crippen molar-refractivity contribution in [1.29, 1.82) is 0 Å². The van der Waals surface area contributed by atoms with Crippen LogP contribution in [0.25, 0.3) is 0 Å². The molecule has 0 radical (unpaired) electrons. The number of hydrogen-bond donors (Lipinski definition) is 1. The summed E-state index contributed by atoms with van der Waals surface area (Å²) in [7, 11) is 0.823. The summed E-state index contributed by atoms with van der Waals surface area (Å²) in [6.07, 6.45) is 0.822. The molecule has 0 saturated carbocycles. The van der Waals surface area contributed by atoms with Crippen molar-refractivity contribution < 1.29 is 12.9 Å². The van der Waals surface area contributed by atoms with Gasteiger partial charge in [-0.1, -0.05) is 5.16 Å². The van der Waals surface area contributed by atoms with Crippen LogP contribution in [0.15, 0.2) is 25.2 Å². The smallest absolute Gasteiger partial charge is 0.328 e. The third-order valence-corrected chi connectivity index (χ3v) is 3.43. The van der Waals surface area contributed by atoms with Crippen molar-refractivity contribution in [2.24, 2.45) is 0 Å². The monoisotopic (exact) mass is 306 g/mol. The molecule has 0 saturated heterocycles. The van der Waals surface area contributed by atoms with Crippen LogP contribution < -0.4 is 11.2 Å². The zero-order chi connectivity index (χ0) is 14.2. The average molecular weight is 307 g/mol. The van der Waals surface area contributed by atoms with E-state index in [1.165, 1.54) is 0 Å². The number of aromatic nitrogens is 4. The number of nitrogens with zero attached hydrogens (tertiary/aromatic N) is 3. The molecule has 2 rings (SSSR count). The standard InChI is InChI=1S/C8H7ClN4O5S/c1-4-10-6(18-12-4)3-13-2-5(19(9,16)17)7(14)11-8(13)15/h2H,3H2,1H3,(H,11,14,15). The van der Waals surface area contributed by atoms with Crippen molar-refractivity contribution in [2.45, 2.75) is 18.4 Å². The molecule has 0 spiro atoms. The predicted octanol–water partition coefficient (Wildman–Crippen LogP) is -0.796. The Labute approximate surface area is 110 Å². The van der Waals surface area contributed by atoms with Crippen LogP contribution >= 0.6 is 10.7 Å². The number of rotatable bonds is 3. The molecule has 1 N–H and O–H groups in total. The lowest BCUT2D eigenvalue weighted by atomic mass is 10.5. The molecule has 0 fully saturated rings. The first-order chi connectivity index (χ1) is 8.77. The summed E-state index contributed by atoms with van der Waals surface area (Å²) >= 11 is 0. The molecular formula is C8H7ClN4O5S. The number of hydrogen-bond acceptors (Lipinski definition) is 7. The lowest BCUT2D eigenvalue weighted by Gasteiger charge is -2.02. The van der Waals surface area contributed by atoms with Gasteiger partial charge in [0.1, 0.15) is 6.54 Å². The molecule has 0 unspecified atom stereocenters. The Morgan fingerprint density at radius 1 is 1.47 bits per heavy atom. The van der Waals surface area contributed by atoms with Gasteiger partial charge in [-0.15, -0.1) is 0 Å². The summed E-state index contributed by atoms with van der Waals surface area (Å²) in [5.41, 5.74) is -1.90. The van der Waals surface area contributed by atoms with Gasteiger partial charge in [-0.3, -0.25) is 14.3 Å². The zero-order valence-electron chi connectivity index (χ0n) is 9.45. The molecule has 0 bridgehead atoms. The third-order valence-electron chi connectivity index (χ3n) is 2.12. The molecule has 0 aliphatic rings. The molecule has 2 aromatic rings. The largest absolute Gasteiger partial charge is 0.337 e. The van der Waals surface area contributed by atoms with Gasteiger partial charge in [0.05, 0.1) is 0 Å². The topological polar surface area (TPSA) is 128 Å². The van der Waals surface area contributed by atoms with Crippen molar-refractivity contribution >= 4 is 19.7 Å². The minimum atomic E-state index is -4.26. The number of H-pyrrole nitrogens is 1.